The molecule has 2 aromatic rings. The summed E-state index contributed by atoms with van der Waals surface area (Å²) in [6.07, 6.45) is 6.05. The molecule has 0 radical (unpaired) electrons. The number of ether oxygens (including phenoxy) is 2. The zero-order valence-corrected chi connectivity index (χ0v) is 23.1. The summed E-state index contributed by atoms with van der Waals surface area (Å²) < 4.78 is 45.0. The van der Waals surface area contributed by atoms with Gasteiger partial charge in [0.25, 0.3) is 10.1 Å². The van der Waals surface area contributed by atoms with Crippen molar-refractivity contribution in [2.24, 2.45) is 11.3 Å². The number of methoxy groups -OCH3 is 1. The standard InChI is InChI=1S/C29H32ClNO5S/c1-17-5-8-20(9-6-17)37(32,33)36-18(2)21-16-27-11-12-29(21,30)26-28(27)13-14-31(3)23(27)15-19-7-10-22(34-4)25(35-26)24(19)28/h5-12,18,21,23,26H,13-16H2,1-4H3/t18-,21?,23-,26-,27-,28+,29-/m1/s1. The van der Waals surface area contributed by atoms with Crippen LogP contribution in [0.1, 0.15) is 36.5 Å². The van der Waals surface area contributed by atoms with E-state index in [9.17, 15) is 8.42 Å². The van der Waals surface area contributed by atoms with Gasteiger partial charge in [0.05, 0.1) is 23.5 Å². The molecule has 2 aromatic carbocycles. The maximum Gasteiger partial charge on any atom is 0.297 e. The van der Waals surface area contributed by atoms with Crippen molar-refractivity contribution in [3.05, 3.63) is 65.2 Å². The Hall–Kier alpha value is -2.06. The van der Waals surface area contributed by atoms with E-state index in [1.807, 2.05) is 19.9 Å². The van der Waals surface area contributed by atoms with Gasteiger partial charge in [-0.15, -0.1) is 11.6 Å². The minimum atomic E-state index is -3.96. The first-order valence-corrected chi connectivity index (χ1v) is 14.8. The molecule has 4 aliphatic carbocycles. The molecule has 2 aliphatic heterocycles. The zero-order valence-electron chi connectivity index (χ0n) is 21.5. The van der Waals surface area contributed by atoms with E-state index in [1.54, 1.807) is 31.4 Å². The molecular formula is C29H32ClNO5S. The molecule has 8 heteroatoms. The lowest BCUT2D eigenvalue weighted by atomic mass is 9.37. The fourth-order valence-electron chi connectivity index (χ4n) is 8.47. The van der Waals surface area contributed by atoms with Crippen LogP contribution in [0.15, 0.2) is 53.4 Å². The van der Waals surface area contributed by atoms with Gasteiger partial charge < -0.3 is 14.4 Å². The van der Waals surface area contributed by atoms with E-state index in [2.05, 4.69) is 30.2 Å². The average molecular weight is 542 g/mol. The van der Waals surface area contributed by atoms with Crippen molar-refractivity contribution in [3.63, 3.8) is 0 Å². The number of likely N-dealkylation sites (tertiary alicyclic amines) is 1. The van der Waals surface area contributed by atoms with Crippen LogP contribution in [0.5, 0.6) is 11.5 Å². The van der Waals surface area contributed by atoms with E-state index in [0.717, 1.165) is 42.9 Å². The molecule has 1 saturated carbocycles. The van der Waals surface area contributed by atoms with Gasteiger partial charge >= 0.3 is 0 Å². The lowest BCUT2D eigenvalue weighted by Crippen LogP contribution is -2.78. The Morgan fingerprint density at radius 3 is 2.65 bits per heavy atom. The van der Waals surface area contributed by atoms with E-state index in [1.165, 1.54) is 11.1 Å². The molecule has 0 aromatic heterocycles. The van der Waals surface area contributed by atoms with Crippen LogP contribution < -0.4 is 9.47 Å². The van der Waals surface area contributed by atoms with E-state index in [-0.39, 0.29) is 33.8 Å². The van der Waals surface area contributed by atoms with Gasteiger partial charge in [0, 0.05) is 22.9 Å². The van der Waals surface area contributed by atoms with Gasteiger partial charge in [-0.3, -0.25) is 4.18 Å². The number of piperidine rings is 1. The molecule has 0 N–H and O–H groups in total. The van der Waals surface area contributed by atoms with Crippen LogP contribution in [0.2, 0.25) is 0 Å². The molecule has 196 valence electrons. The van der Waals surface area contributed by atoms with Crippen molar-refractivity contribution in [1.29, 1.82) is 0 Å². The number of benzene rings is 2. The molecule has 6 nitrogen and oxygen atoms in total. The van der Waals surface area contributed by atoms with Crippen LogP contribution in [0.3, 0.4) is 0 Å². The monoisotopic (exact) mass is 541 g/mol. The number of aryl methyl sites for hydroxylation is 1. The number of nitrogens with zero attached hydrogens (tertiary/aromatic N) is 1. The number of rotatable bonds is 5. The second-order valence-corrected chi connectivity index (χ2v) is 13.9. The third-order valence-electron chi connectivity index (χ3n) is 10.1. The second-order valence-electron chi connectivity index (χ2n) is 11.6. The Labute approximate surface area is 223 Å². The number of likely N-dealkylation sites (N-methyl/N-ethyl adjacent to an activating group) is 1. The average Bonchev–Trinajstić information content (AvgIpc) is 3.24. The molecule has 2 spiro atoms. The summed E-state index contributed by atoms with van der Waals surface area (Å²) in [5.41, 5.74) is 3.05. The van der Waals surface area contributed by atoms with Gasteiger partial charge in [-0.1, -0.05) is 35.9 Å². The van der Waals surface area contributed by atoms with E-state index in [4.69, 9.17) is 25.3 Å². The largest absolute Gasteiger partial charge is 0.493 e. The zero-order chi connectivity index (χ0) is 26.0. The summed E-state index contributed by atoms with van der Waals surface area (Å²) in [6.45, 7) is 4.73. The van der Waals surface area contributed by atoms with E-state index in [0.29, 0.717) is 0 Å². The SMILES string of the molecule is COc1ccc2c3c1O[C@H]1[C@@]4(Cl)C=C[C@@]5(CC4[C@@H](C)OS(=O)(=O)c4ccc(C)cc4)[C@@H](C2)N(C)CC[C@]315. The normalized spacial score (nSPS) is 37.7. The van der Waals surface area contributed by atoms with Crippen LogP contribution >= 0.6 is 11.6 Å². The number of halogens is 1. The summed E-state index contributed by atoms with van der Waals surface area (Å²) in [4.78, 5) is 1.71. The first kappa shape index (κ1) is 24.0. The summed E-state index contributed by atoms with van der Waals surface area (Å²) in [5.74, 6) is 1.29. The van der Waals surface area contributed by atoms with Crippen molar-refractivity contribution in [2.75, 3.05) is 20.7 Å². The van der Waals surface area contributed by atoms with Gasteiger partial charge in [-0.25, -0.2) is 0 Å². The predicted molar refractivity (Wildman–Crippen MR) is 141 cm³/mol. The van der Waals surface area contributed by atoms with Crippen LogP contribution in [-0.4, -0.2) is 57.1 Å². The van der Waals surface area contributed by atoms with E-state index >= 15 is 0 Å². The van der Waals surface area contributed by atoms with Gasteiger partial charge in [0.1, 0.15) is 11.0 Å². The minimum Gasteiger partial charge on any atom is -0.493 e. The highest BCUT2D eigenvalue weighted by atomic mass is 35.5. The highest BCUT2D eigenvalue weighted by Crippen LogP contribution is 2.75. The molecule has 1 saturated heterocycles. The number of hydrogen-bond acceptors (Lipinski definition) is 6. The van der Waals surface area contributed by atoms with E-state index < -0.39 is 21.1 Å². The summed E-state index contributed by atoms with van der Waals surface area (Å²) in [5, 5.41) is 0. The summed E-state index contributed by atoms with van der Waals surface area (Å²) in [7, 11) is -0.0767. The Morgan fingerprint density at radius 1 is 1.16 bits per heavy atom. The topological polar surface area (TPSA) is 65.1 Å². The predicted octanol–water partition coefficient (Wildman–Crippen LogP) is 4.61. The van der Waals surface area contributed by atoms with Gasteiger partial charge in [-0.05, 0) is 70.5 Å². The molecule has 8 rings (SSSR count). The summed E-state index contributed by atoms with van der Waals surface area (Å²) >= 11 is 7.61. The molecule has 2 fully saturated rings. The van der Waals surface area contributed by atoms with Crippen molar-refractivity contribution in [3.8, 4) is 11.5 Å². The third-order valence-corrected chi connectivity index (χ3v) is 12.1. The molecule has 37 heavy (non-hydrogen) atoms. The van der Waals surface area contributed by atoms with Crippen molar-refractivity contribution < 1.29 is 22.1 Å². The quantitative estimate of drug-likeness (QED) is 0.313. The first-order valence-electron chi connectivity index (χ1n) is 13.0. The fourth-order valence-corrected chi connectivity index (χ4v) is 10.1. The van der Waals surface area contributed by atoms with Crippen LogP contribution in [0, 0.1) is 18.3 Å². The smallest absolute Gasteiger partial charge is 0.297 e. The Bertz CT molecular complexity index is 1440. The molecule has 4 bridgehead atoms. The van der Waals surface area contributed by atoms with Gasteiger partial charge in [-0.2, -0.15) is 8.42 Å². The van der Waals surface area contributed by atoms with Crippen LogP contribution in [0.4, 0.5) is 0 Å². The van der Waals surface area contributed by atoms with Gasteiger partial charge in [0.2, 0.25) is 0 Å². The molecule has 2 heterocycles. The lowest BCUT2D eigenvalue weighted by molar-refractivity contribution is -0.138. The highest BCUT2D eigenvalue weighted by molar-refractivity contribution is 7.86. The van der Waals surface area contributed by atoms with Crippen LogP contribution in [-0.2, 0) is 26.1 Å². The number of fused-ring (bicyclic) bond motifs is 1. The molecule has 0 amide bonds. The lowest BCUT2D eigenvalue weighted by Gasteiger charge is -2.70. The summed E-state index contributed by atoms with van der Waals surface area (Å²) in [6, 6.07) is 11.2. The fraction of sp³-hybridized carbons (Fsp3) is 0.517. The molecule has 1 unspecified atom stereocenters. The maximum atomic E-state index is 13.3. The van der Waals surface area contributed by atoms with Crippen molar-refractivity contribution in [1.82, 2.24) is 4.90 Å². The third kappa shape index (κ3) is 2.81. The first-order chi connectivity index (χ1) is 17.6. The van der Waals surface area contributed by atoms with Crippen molar-refractivity contribution >= 4 is 21.7 Å². The maximum absolute atomic E-state index is 13.3. The van der Waals surface area contributed by atoms with Gasteiger partial charge in [0.15, 0.2) is 11.5 Å². The van der Waals surface area contributed by atoms with Crippen LogP contribution in [0.25, 0.3) is 0 Å². The number of alkyl halides is 1. The van der Waals surface area contributed by atoms with Crippen molar-refractivity contribution in [2.45, 2.75) is 66.5 Å². The Morgan fingerprint density at radius 2 is 1.92 bits per heavy atom. The highest BCUT2D eigenvalue weighted by Gasteiger charge is 2.78. The Balaban J connectivity index is 1.34. The minimum absolute atomic E-state index is 0.160. The molecular weight excluding hydrogens is 510 g/mol. The Kier molecular flexibility index (Phi) is 4.89. The number of hydrogen-bond donors (Lipinski definition) is 0. The molecule has 6 aliphatic rings. The second kappa shape index (κ2) is 7.53. The molecule has 7 atom stereocenters.